The molecule has 5 nitrogen and oxygen atoms in total. The monoisotopic (exact) mass is 314 g/mol. The van der Waals surface area contributed by atoms with Crippen molar-refractivity contribution in [3.8, 4) is 0 Å². The van der Waals surface area contributed by atoms with Gasteiger partial charge in [-0.1, -0.05) is 6.07 Å². The number of hydrogen-bond acceptors (Lipinski definition) is 4. The number of aromatic nitrogens is 3. The number of carbonyl (C=O) groups is 1. The maximum Gasteiger partial charge on any atom is 0.255 e. The Morgan fingerprint density at radius 3 is 3.05 bits per heavy atom. The number of amides is 1. The highest BCUT2D eigenvalue weighted by atomic mass is 32.1. The van der Waals surface area contributed by atoms with Crippen LogP contribution < -0.4 is 0 Å². The van der Waals surface area contributed by atoms with Crippen LogP contribution in [0.25, 0.3) is 11.2 Å². The second-order valence-electron chi connectivity index (χ2n) is 5.47. The highest BCUT2D eigenvalue weighted by Crippen LogP contribution is 2.16. The Hall–Kier alpha value is -2.21. The van der Waals surface area contributed by atoms with Crippen LogP contribution in [-0.2, 0) is 6.42 Å². The Bertz CT molecular complexity index is 794. The number of aryl methyl sites for hydroxylation is 1. The van der Waals surface area contributed by atoms with Crippen molar-refractivity contribution in [3.63, 3.8) is 0 Å². The first-order chi connectivity index (χ1) is 10.5. The zero-order chi connectivity index (χ0) is 15.7. The van der Waals surface area contributed by atoms with Crippen molar-refractivity contribution in [2.24, 2.45) is 0 Å². The SMILES string of the molecule is Cc1nc2ncc(C(=O)N(C)[C@H](C)Cc3cccs3)cc2[nH]1. The molecular weight excluding hydrogens is 296 g/mol. The van der Waals surface area contributed by atoms with Gasteiger partial charge in [-0.3, -0.25) is 4.79 Å². The fourth-order valence-electron chi connectivity index (χ4n) is 2.40. The number of carbonyl (C=O) groups excluding carboxylic acids is 1. The number of fused-ring (bicyclic) bond motifs is 1. The van der Waals surface area contributed by atoms with E-state index in [9.17, 15) is 4.79 Å². The van der Waals surface area contributed by atoms with E-state index in [1.807, 2.05) is 26.1 Å². The number of likely N-dealkylation sites (N-methyl/N-ethyl adjacent to an activating group) is 1. The fraction of sp³-hybridized carbons (Fsp3) is 0.312. The second kappa shape index (κ2) is 5.88. The number of nitrogens with one attached hydrogen (secondary N) is 1. The Morgan fingerprint density at radius 1 is 1.50 bits per heavy atom. The van der Waals surface area contributed by atoms with Gasteiger partial charge < -0.3 is 9.88 Å². The molecule has 6 heteroatoms. The van der Waals surface area contributed by atoms with Gasteiger partial charge in [-0.25, -0.2) is 9.97 Å². The Labute approximate surface area is 133 Å². The molecule has 1 amide bonds. The molecule has 0 spiro atoms. The topological polar surface area (TPSA) is 61.9 Å². The van der Waals surface area contributed by atoms with E-state index in [1.165, 1.54) is 4.88 Å². The number of nitrogens with zero attached hydrogens (tertiary/aromatic N) is 3. The maximum absolute atomic E-state index is 12.6. The fourth-order valence-corrected chi connectivity index (χ4v) is 3.22. The molecule has 3 aromatic heterocycles. The Morgan fingerprint density at radius 2 is 2.32 bits per heavy atom. The van der Waals surface area contributed by atoms with E-state index in [4.69, 9.17) is 0 Å². The Kier molecular flexibility index (Phi) is 3.94. The zero-order valence-electron chi connectivity index (χ0n) is 12.8. The van der Waals surface area contributed by atoms with Crippen molar-refractivity contribution in [2.45, 2.75) is 26.3 Å². The summed E-state index contributed by atoms with van der Waals surface area (Å²) in [5.41, 5.74) is 2.02. The lowest BCUT2D eigenvalue weighted by atomic mass is 10.1. The third kappa shape index (κ3) is 2.87. The van der Waals surface area contributed by atoms with Gasteiger partial charge in [-0.2, -0.15) is 0 Å². The van der Waals surface area contributed by atoms with Crippen LogP contribution in [-0.4, -0.2) is 38.8 Å². The molecule has 3 rings (SSSR count). The van der Waals surface area contributed by atoms with Crippen LogP contribution in [0.4, 0.5) is 0 Å². The molecule has 0 aliphatic carbocycles. The van der Waals surface area contributed by atoms with E-state index in [1.54, 1.807) is 22.4 Å². The summed E-state index contributed by atoms with van der Waals surface area (Å²) in [6.07, 6.45) is 2.46. The van der Waals surface area contributed by atoms with E-state index < -0.39 is 0 Å². The standard InChI is InChI=1S/C16H18N4OS/c1-10(7-13-5-4-6-22-13)20(3)16(21)12-8-14-15(17-9-12)19-11(2)18-14/h4-6,8-10H,7H2,1-3H3,(H,17,18,19)/t10-/m1/s1. The minimum Gasteiger partial charge on any atom is -0.341 e. The molecule has 1 N–H and O–H groups in total. The number of imidazole rings is 1. The van der Waals surface area contributed by atoms with Crippen molar-refractivity contribution >= 4 is 28.4 Å². The quantitative estimate of drug-likeness (QED) is 0.805. The normalized spacial score (nSPS) is 12.5. The zero-order valence-corrected chi connectivity index (χ0v) is 13.6. The van der Waals surface area contributed by atoms with E-state index in [0.717, 1.165) is 17.8 Å². The lowest BCUT2D eigenvalue weighted by Gasteiger charge is -2.24. The van der Waals surface area contributed by atoms with Crippen molar-refractivity contribution in [1.82, 2.24) is 19.9 Å². The second-order valence-corrected chi connectivity index (χ2v) is 6.50. The molecule has 0 aliphatic heterocycles. The van der Waals surface area contributed by atoms with E-state index in [0.29, 0.717) is 11.2 Å². The van der Waals surface area contributed by atoms with Crippen molar-refractivity contribution in [1.29, 1.82) is 0 Å². The number of H-pyrrole nitrogens is 1. The molecule has 114 valence electrons. The van der Waals surface area contributed by atoms with Crippen LogP contribution in [0.1, 0.15) is 28.0 Å². The largest absolute Gasteiger partial charge is 0.341 e. The number of rotatable bonds is 4. The van der Waals surface area contributed by atoms with Gasteiger partial charge in [-0.05, 0) is 31.4 Å². The molecule has 0 saturated carbocycles. The first-order valence-corrected chi connectivity index (χ1v) is 8.04. The molecule has 0 bridgehead atoms. The summed E-state index contributed by atoms with van der Waals surface area (Å²) in [6.45, 7) is 3.93. The van der Waals surface area contributed by atoms with Crippen molar-refractivity contribution in [3.05, 3.63) is 46.0 Å². The summed E-state index contributed by atoms with van der Waals surface area (Å²) in [5.74, 6) is 0.775. The minimum atomic E-state index is -0.0225. The molecule has 0 fully saturated rings. The lowest BCUT2D eigenvalue weighted by molar-refractivity contribution is 0.0743. The molecule has 0 aliphatic rings. The molecule has 0 radical (unpaired) electrons. The molecule has 0 saturated heterocycles. The molecule has 3 heterocycles. The van der Waals surface area contributed by atoms with Gasteiger partial charge in [0.15, 0.2) is 5.65 Å². The number of hydrogen-bond donors (Lipinski definition) is 1. The van der Waals surface area contributed by atoms with Crippen LogP contribution in [0.5, 0.6) is 0 Å². The predicted molar refractivity (Wildman–Crippen MR) is 88.2 cm³/mol. The van der Waals surface area contributed by atoms with Crippen LogP contribution in [0.3, 0.4) is 0 Å². The molecule has 1 atom stereocenters. The van der Waals surface area contributed by atoms with Gasteiger partial charge in [0.05, 0.1) is 11.1 Å². The van der Waals surface area contributed by atoms with Gasteiger partial charge in [0.2, 0.25) is 0 Å². The molecule has 22 heavy (non-hydrogen) atoms. The third-order valence-corrected chi connectivity index (χ3v) is 4.66. The average molecular weight is 314 g/mol. The average Bonchev–Trinajstić information content (AvgIpc) is 3.12. The summed E-state index contributed by atoms with van der Waals surface area (Å²) >= 11 is 1.72. The predicted octanol–water partition coefficient (Wildman–Crippen LogP) is 3.03. The molecule has 0 unspecified atom stereocenters. The smallest absolute Gasteiger partial charge is 0.255 e. The Balaban J connectivity index is 1.78. The van der Waals surface area contributed by atoms with Crippen molar-refractivity contribution in [2.75, 3.05) is 7.05 Å². The van der Waals surface area contributed by atoms with Gasteiger partial charge in [0, 0.05) is 30.6 Å². The van der Waals surface area contributed by atoms with Gasteiger partial charge >= 0.3 is 0 Å². The van der Waals surface area contributed by atoms with E-state index in [-0.39, 0.29) is 11.9 Å². The first kappa shape index (κ1) is 14.7. The summed E-state index contributed by atoms with van der Waals surface area (Å²) in [7, 11) is 1.84. The van der Waals surface area contributed by atoms with Crippen LogP contribution in [0, 0.1) is 6.92 Å². The summed E-state index contributed by atoms with van der Waals surface area (Å²) < 4.78 is 0. The van der Waals surface area contributed by atoms with Crippen LogP contribution in [0.2, 0.25) is 0 Å². The van der Waals surface area contributed by atoms with Gasteiger partial charge in [-0.15, -0.1) is 11.3 Å². The van der Waals surface area contributed by atoms with E-state index in [2.05, 4.69) is 33.3 Å². The lowest BCUT2D eigenvalue weighted by Crippen LogP contribution is -2.36. The third-order valence-electron chi connectivity index (χ3n) is 3.76. The molecule has 0 aromatic carbocycles. The van der Waals surface area contributed by atoms with Crippen LogP contribution in [0.15, 0.2) is 29.8 Å². The highest BCUT2D eigenvalue weighted by molar-refractivity contribution is 7.09. The number of thiophene rings is 1. The van der Waals surface area contributed by atoms with Gasteiger partial charge in [0.1, 0.15) is 5.82 Å². The van der Waals surface area contributed by atoms with Crippen LogP contribution >= 0.6 is 11.3 Å². The highest BCUT2D eigenvalue weighted by Gasteiger charge is 2.19. The number of pyridine rings is 1. The molecular formula is C16H18N4OS. The first-order valence-electron chi connectivity index (χ1n) is 7.16. The summed E-state index contributed by atoms with van der Waals surface area (Å²) in [4.78, 5) is 27.3. The van der Waals surface area contributed by atoms with E-state index >= 15 is 0 Å². The summed E-state index contributed by atoms with van der Waals surface area (Å²) in [5, 5.41) is 2.06. The molecule has 3 aromatic rings. The minimum absolute atomic E-state index is 0.0225. The maximum atomic E-state index is 12.6. The summed E-state index contributed by atoms with van der Waals surface area (Å²) in [6, 6.07) is 6.08. The van der Waals surface area contributed by atoms with Gasteiger partial charge in [0.25, 0.3) is 5.91 Å². The number of aromatic amines is 1. The van der Waals surface area contributed by atoms with Crippen molar-refractivity contribution < 1.29 is 4.79 Å².